The van der Waals surface area contributed by atoms with E-state index in [1.807, 2.05) is 0 Å². The molecule has 1 aromatic carbocycles. The van der Waals surface area contributed by atoms with Crippen LogP contribution in [0.1, 0.15) is 18.9 Å². The maximum Gasteiger partial charge on any atom is 0.211 e. The van der Waals surface area contributed by atoms with Crippen LogP contribution in [0, 0.1) is 5.82 Å². The van der Waals surface area contributed by atoms with Gasteiger partial charge in [0.1, 0.15) is 5.82 Å². The Bertz CT molecular complexity index is 400. The summed E-state index contributed by atoms with van der Waals surface area (Å²) in [5.41, 5.74) is 0.746. The van der Waals surface area contributed by atoms with Crippen LogP contribution in [0.2, 0.25) is 0 Å². The molecule has 0 saturated carbocycles. The van der Waals surface area contributed by atoms with Crippen LogP contribution in [0.5, 0.6) is 0 Å². The van der Waals surface area contributed by atoms with Gasteiger partial charge in [-0.25, -0.2) is 17.5 Å². The van der Waals surface area contributed by atoms with Crippen molar-refractivity contribution >= 4 is 10.0 Å². The van der Waals surface area contributed by atoms with E-state index in [4.69, 9.17) is 0 Å². The van der Waals surface area contributed by atoms with Gasteiger partial charge in [-0.2, -0.15) is 0 Å². The van der Waals surface area contributed by atoms with Crippen molar-refractivity contribution in [1.82, 2.24) is 4.72 Å². The van der Waals surface area contributed by atoms with Crippen molar-refractivity contribution in [2.45, 2.75) is 19.9 Å². The number of hydrogen-bond donors (Lipinski definition) is 1. The highest BCUT2D eigenvalue weighted by atomic mass is 32.2. The summed E-state index contributed by atoms with van der Waals surface area (Å²) in [5.74, 6) is -0.205. The zero-order valence-corrected chi connectivity index (χ0v) is 9.35. The molecule has 5 heteroatoms. The molecule has 1 aromatic rings. The van der Waals surface area contributed by atoms with E-state index in [1.165, 1.54) is 12.1 Å². The molecule has 0 fully saturated rings. The molecule has 0 saturated heterocycles. The van der Waals surface area contributed by atoms with Gasteiger partial charge in [-0.05, 0) is 24.1 Å². The molecule has 1 N–H and O–H groups in total. The third kappa shape index (κ3) is 4.40. The van der Waals surface area contributed by atoms with Crippen molar-refractivity contribution in [3.05, 3.63) is 35.6 Å². The molecular weight excluding hydrogens is 217 g/mol. The first-order valence-corrected chi connectivity index (χ1v) is 6.40. The largest absolute Gasteiger partial charge is 0.212 e. The molecule has 15 heavy (non-hydrogen) atoms. The molecule has 0 aliphatic carbocycles. The molecular formula is C10H14FNO2S. The van der Waals surface area contributed by atoms with Crippen LogP contribution < -0.4 is 4.72 Å². The van der Waals surface area contributed by atoms with E-state index >= 15 is 0 Å². The summed E-state index contributed by atoms with van der Waals surface area (Å²) in [6.07, 6.45) is 0.582. The molecule has 0 bridgehead atoms. The SMILES string of the molecule is CCCS(=O)(=O)NCc1ccc(F)cc1. The normalized spacial score (nSPS) is 11.6. The van der Waals surface area contributed by atoms with Crippen molar-refractivity contribution in [2.75, 3.05) is 5.75 Å². The monoisotopic (exact) mass is 231 g/mol. The molecule has 0 amide bonds. The van der Waals surface area contributed by atoms with Crippen LogP contribution in [-0.2, 0) is 16.6 Å². The quantitative estimate of drug-likeness (QED) is 0.837. The smallest absolute Gasteiger partial charge is 0.211 e. The second-order valence-electron chi connectivity index (χ2n) is 3.27. The van der Waals surface area contributed by atoms with E-state index in [1.54, 1.807) is 19.1 Å². The van der Waals surface area contributed by atoms with Gasteiger partial charge in [0.05, 0.1) is 5.75 Å². The first-order chi connectivity index (χ1) is 7.03. The van der Waals surface area contributed by atoms with Crippen molar-refractivity contribution in [2.24, 2.45) is 0 Å². The van der Waals surface area contributed by atoms with Crippen LogP contribution in [0.4, 0.5) is 4.39 Å². The fourth-order valence-corrected chi connectivity index (χ4v) is 2.20. The molecule has 3 nitrogen and oxygen atoms in total. The van der Waals surface area contributed by atoms with Crippen LogP contribution in [0.25, 0.3) is 0 Å². The summed E-state index contributed by atoms with van der Waals surface area (Å²) in [6, 6.07) is 5.74. The minimum atomic E-state index is -3.18. The third-order valence-electron chi connectivity index (χ3n) is 1.88. The zero-order valence-electron chi connectivity index (χ0n) is 8.53. The summed E-state index contributed by atoms with van der Waals surface area (Å²) >= 11 is 0. The fourth-order valence-electron chi connectivity index (χ4n) is 1.14. The molecule has 0 aromatic heterocycles. The summed E-state index contributed by atoms with van der Waals surface area (Å²) in [5, 5.41) is 0. The average Bonchev–Trinajstić information content (AvgIpc) is 2.17. The highest BCUT2D eigenvalue weighted by Crippen LogP contribution is 2.03. The predicted molar refractivity (Wildman–Crippen MR) is 57.3 cm³/mol. The average molecular weight is 231 g/mol. The maximum atomic E-state index is 12.5. The number of rotatable bonds is 5. The van der Waals surface area contributed by atoms with E-state index in [0.717, 1.165) is 5.56 Å². The minimum absolute atomic E-state index is 0.119. The van der Waals surface area contributed by atoms with E-state index in [0.29, 0.717) is 6.42 Å². The second kappa shape index (κ2) is 5.23. The van der Waals surface area contributed by atoms with E-state index in [-0.39, 0.29) is 18.1 Å². The van der Waals surface area contributed by atoms with Gasteiger partial charge < -0.3 is 0 Å². The first kappa shape index (κ1) is 12.1. The van der Waals surface area contributed by atoms with Crippen LogP contribution in [-0.4, -0.2) is 14.2 Å². The van der Waals surface area contributed by atoms with E-state index in [9.17, 15) is 12.8 Å². The number of benzene rings is 1. The molecule has 0 unspecified atom stereocenters. The summed E-state index contributed by atoms with van der Waals surface area (Å²) in [4.78, 5) is 0. The Balaban J connectivity index is 2.54. The van der Waals surface area contributed by atoms with Gasteiger partial charge >= 0.3 is 0 Å². The minimum Gasteiger partial charge on any atom is -0.212 e. The Hall–Kier alpha value is -0.940. The predicted octanol–water partition coefficient (Wildman–Crippen LogP) is 1.66. The van der Waals surface area contributed by atoms with Gasteiger partial charge in [0.2, 0.25) is 10.0 Å². The summed E-state index contributed by atoms with van der Waals surface area (Å²) < 4.78 is 37.6. The lowest BCUT2D eigenvalue weighted by Gasteiger charge is -2.05. The highest BCUT2D eigenvalue weighted by Gasteiger charge is 2.07. The summed E-state index contributed by atoms with van der Waals surface area (Å²) in [7, 11) is -3.18. The molecule has 0 atom stereocenters. The lowest BCUT2D eigenvalue weighted by molar-refractivity contribution is 0.580. The van der Waals surface area contributed by atoms with Gasteiger partial charge in [0.15, 0.2) is 0 Å². The Morgan fingerprint density at radius 2 is 1.87 bits per heavy atom. The van der Waals surface area contributed by atoms with Gasteiger partial charge in [0, 0.05) is 6.54 Å². The molecule has 84 valence electrons. The van der Waals surface area contributed by atoms with Crippen LogP contribution in [0.15, 0.2) is 24.3 Å². The topological polar surface area (TPSA) is 46.2 Å². The maximum absolute atomic E-state index is 12.5. The van der Waals surface area contributed by atoms with E-state index in [2.05, 4.69) is 4.72 Å². The number of sulfonamides is 1. The Labute approximate surface area is 89.4 Å². The first-order valence-electron chi connectivity index (χ1n) is 4.75. The van der Waals surface area contributed by atoms with Gasteiger partial charge in [-0.1, -0.05) is 19.1 Å². The standard InChI is InChI=1S/C10H14FNO2S/c1-2-7-15(13,14)12-8-9-3-5-10(11)6-4-9/h3-6,12H,2,7-8H2,1H3. The van der Waals surface area contributed by atoms with Crippen LogP contribution in [0.3, 0.4) is 0 Å². The van der Waals surface area contributed by atoms with E-state index < -0.39 is 10.0 Å². The molecule has 0 spiro atoms. The third-order valence-corrected chi connectivity index (χ3v) is 3.41. The Kier molecular flexibility index (Phi) is 4.23. The van der Waals surface area contributed by atoms with Crippen molar-refractivity contribution in [1.29, 1.82) is 0 Å². The summed E-state index contributed by atoms with van der Waals surface area (Å²) in [6.45, 7) is 2.01. The molecule has 1 rings (SSSR count). The zero-order chi connectivity index (χ0) is 11.3. The molecule has 0 heterocycles. The van der Waals surface area contributed by atoms with Crippen LogP contribution >= 0.6 is 0 Å². The Morgan fingerprint density at radius 1 is 1.27 bits per heavy atom. The van der Waals surface area contributed by atoms with Gasteiger partial charge in [-0.15, -0.1) is 0 Å². The van der Waals surface area contributed by atoms with Crippen molar-refractivity contribution in [3.8, 4) is 0 Å². The van der Waals surface area contributed by atoms with Crippen molar-refractivity contribution < 1.29 is 12.8 Å². The van der Waals surface area contributed by atoms with Crippen molar-refractivity contribution in [3.63, 3.8) is 0 Å². The van der Waals surface area contributed by atoms with Gasteiger partial charge in [0.25, 0.3) is 0 Å². The lowest BCUT2D eigenvalue weighted by Crippen LogP contribution is -2.25. The molecule has 0 aliphatic heterocycles. The number of halogens is 1. The molecule has 0 aliphatic rings. The lowest BCUT2D eigenvalue weighted by atomic mass is 10.2. The fraction of sp³-hybridized carbons (Fsp3) is 0.400. The van der Waals surface area contributed by atoms with Gasteiger partial charge in [-0.3, -0.25) is 0 Å². The Morgan fingerprint density at radius 3 is 2.40 bits per heavy atom. The number of hydrogen-bond acceptors (Lipinski definition) is 2. The number of nitrogens with one attached hydrogen (secondary N) is 1. The second-order valence-corrected chi connectivity index (χ2v) is 5.19. The molecule has 0 radical (unpaired) electrons. The highest BCUT2D eigenvalue weighted by molar-refractivity contribution is 7.89.